The van der Waals surface area contributed by atoms with Crippen molar-refractivity contribution in [2.24, 2.45) is 0 Å². The second kappa shape index (κ2) is 3.72. The summed E-state index contributed by atoms with van der Waals surface area (Å²) in [5.74, 6) is 0. The van der Waals surface area contributed by atoms with E-state index < -0.39 is 0 Å². The fraction of sp³-hybridized carbons (Fsp3) is 0.364. The second-order valence-corrected chi connectivity index (χ2v) is 3.15. The van der Waals surface area contributed by atoms with E-state index in [1.807, 2.05) is 0 Å². The van der Waals surface area contributed by atoms with Gasteiger partial charge in [-0.3, -0.25) is 0 Å². The summed E-state index contributed by atoms with van der Waals surface area (Å²) < 4.78 is 0. The number of benzene rings is 1. The minimum absolute atomic E-state index is 0.941. The van der Waals surface area contributed by atoms with Gasteiger partial charge in [-0.1, -0.05) is 24.3 Å². The summed E-state index contributed by atoms with van der Waals surface area (Å²) in [5, 5.41) is 3.18. The molecule has 0 aliphatic carbocycles. The van der Waals surface area contributed by atoms with Crippen molar-refractivity contribution < 1.29 is 0 Å². The third-order valence-corrected chi connectivity index (χ3v) is 2.27. The molecule has 0 saturated heterocycles. The second-order valence-electron chi connectivity index (χ2n) is 3.15. The lowest BCUT2D eigenvalue weighted by Crippen LogP contribution is -2.17. The quantitative estimate of drug-likeness (QED) is 0.608. The molecule has 0 spiro atoms. The zero-order valence-electron chi connectivity index (χ0n) is 7.14. The van der Waals surface area contributed by atoms with Crippen LogP contribution in [0.1, 0.15) is 17.5 Å². The lowest BCUT2D eigenvalue weighted by atomic mass is 9.99. The molecule has 1 heteroatoms. The Morgan fingerprint density at radius 3 is 2.92 bits per heavy atom. The van der Waals surface area contributed by atoms with Crippen LogP contribution in [-0.4, -0.2) is 6.54 Å². The highest BCUT2D eigenvalue weighted by molar-refractivity contribution is 5.28. The summed E-state index contributed by atoms with van der Waals surface area (Å²) in [4.78, 5) is 0. The molecule has 0 unspecified atom stereocenters. The van der Waals surface area contributed by atoms with E-state index in [-0.39, 0.29) is 0 Å². The summed E-state index contributed by atoms with van der Waals surface area (Å²) in [7, 11) is 0. The number of aryl methyl sites for hydroxylation is 1. The van der Waals surface area contributed by atoms with E-state index in [4.69, 9.17) is 0 Å². The molecule has 62 valence electrons. The number of nitrogens with one attached hydrogen (secondary N) is 1. The van der Waals surface area contributed by atoms with Gasteiger partial charge in [-0.25, -0.2) is 0 Å². The SMILES string of the molecule is [C]1Cc2ccccc2CCCN1. The summed E-state index contributed by atoms with van der Waals surface area (Å²) in [6.45, 7) is 4.26. The Kier molecular flexibility index (Phi) is 2.42. The Morgan fingerprint density at radius 1 is 1.17 bits per heavy atom. The van der Waals surface area contributed by atoms with Crippen LogP contribution in [0, 0.1) is 6.54 Å². The first-order valence-corrected chi connectivity index (χ1v) is 4.49. The number of rotatable bonds is 0. The lowest BCUT2D eigenvalue weighted by molar-refractivity contribution is 0.682. The monoisotopic (exact) mass is 159 g/mol. The predicted molar refractivity (Wildman–Crippen MR) is 49.7 cm³/mol. The van der Waals surface area contributed by atoms with Crippen molar-refractivity contribution >= 4 is 0 Å². The summed E-state index contributed by atoms with van der Waals surface area (Å²) in [6, 6.07) is 8.63. The molecule has 0 atom stereocenters. The van der Waals surface area contributed by atoms with Gasteiger partial charge in [-0.2, -0.15) is 0 Å². The van der Waals surface area contributed by atoms with Crippen molar-refractivity contribution in [2.75, 3.05) is 6.54 Å². The summed E-state index contributed by atoms with van der Waals surface area (Å²) >= 11 is 0. The van der Waals surface area contributed by atoms with Gasteiger partial charge in [0.25, 0.3) is 0 Å². The van der Waals surface area contributed by atoms with Gasteiger partial charge in [-0.05, 0) is 36.9 Å². The van der Waals surface area contributed by atoms with Gasteiger partial charge in [0, 0.05) is 0 Å². The standard InChI is InChI=1S/C11H13N/c1-2-5-11-7-9-12-8-3-6-10(11)4-1/h1-2,4-5,12H,3,6-8H2. The Hall–Kier alpha value is -0.820. The maximum absolute atomic E-state index is 3.19. The normalized spacial score (nSPS) is 17.7. The van der Waals surface area contributed by atoms with Crippen molar-refractivity contribution in [1.29, 1.82) is 0 Å². The topological polar surface area (TPSA) is 12.0 Å². The van der Waals surface area contributed by atoms with Crippen LogP contribution in [0.25, 0.3) is 0 Å². The molecule has 0 amide bonds. The maximum atomic E-state index is 3.19. The van der Waals surface area contributed by atoms with E-state index in [2.05, 4.69) is 36.1 Å². The molecule has 0 fully saturated rings. The molecule has 1 aromatic rings. The van der Waals surface area contributed by atoms with Crippen LogP contribution in [0.2, 0.25) is 0 Å². The molecule has 12 heavy (non-hydrogen) atoms. The van der Waals surface area contributed by atoms with Crippen molar-refractivity contribution in [3.8, 4) is 0 Å². The van der Waals surface area contributed by atoms with E-state index in [9.17, 15) is 0 Å². The zero-order chi connectivity index (χ0) is 8.23. The summed E-state index contributed by atoms with van der Waals surface area (Å²) in [5.41, 5.74) is 2.91. The average molecular weight is 159 g/mol. The smallest absolute Gasteiger partial charge is 0.0633 e. The number of fused-ring (bicyclic) bond motifs is 1. The predicted octanol–water partition coefficient (Wildman–Crippen LogP) is 1.80. The first kappa shape index (κ1) is 7.81. The van der Waals surface area contributed by atoms with Crippen molar-refractivity contribution in [2.45, 2.75) is 19.3 Å². The Bertz CT molecular complexity index is 228. The molecule has 1 aromatic carbocycles. The Labute approximate surface area is 73.8 Å². The van der Waals surface area contributed by atoms with Crippen LogP contribution >= 0.6 is 0 Å². The van der Waals surface area contributed by atoms with Crippen molar-refractivity contribution in [3.63, 3.8) is 0 Å². The van der Waals surface area contributed by atoms with Crippen LogP contribution in [0.15, 0.2) is 24.3 Å². The Balaban J connectivity index is 2.24. The van der Waals surface area contributed by atoms with Gasteiger partial charge in [-0.15, -0.1) is 0 Å². The van der Waals surface area contributed by atoms with Gasteiger partial charge in [0.05, 0.1) is 6.54 Å². The van der Waals surface area contributed by atoms with E-state index in [1.165, 1.54) is 24.0 Å². The van der Waals surface area contributed by atoms with Crippen LogP contribution in [0.4, 0.5) is 0 Å². The van der Waals surface area contributed by atoms with Gasteiger partial charge in [0.2, 0.25) is 0 Å². The first-order chi connectivity index (χ1) is 5.97. The van der Waals surface area contributed by atoms with E-state index >= 15 is 0 Å². The average Bonchev–Trinajstić information content (AvgIpc) is 2.06. The minimum Gasteiger partial charge on any atom is -0.308 e. The van der Waals surface area contributed by atoms with Crippen LogP contribution in [0.3, 0.4) is 0 Å². The molecule has 1 N–H and O–H groups in total. The van der Waals surface area contributed by atoms with Crippen molar-refractivity contribution in [3.05, 3.63) is 41.9 Å². The lowest BCUT2D eigenvalue weighted by Gasteiger charge is -2.13. The summed E-state index contributed by atoms with van der Waals surface area (Å²) in [6.07, 6.45) is 3.35. The molecule has 0 saturated carbocycles. The zero-order valence-corrected chi connectivity index (χ0v) is 7.14. The molecule has 1 aliphatic heterocycles. The fourth-order valence-electron chi connectivity index (χ4n) is 1.59. The van der Waals surface area contributed by atoms with E-state index in [1.54, 1.807) is 0 Å². The highest BCUT2D eigenvalue weighted by Crippen LogP contribution is 2.13. The molecule has 0 bridgehead atoms. The molecule has 0 aromatic heterocycles. The highest BCUT2D eigenvalue weighted by atomic mass is 14.8. The Morgan fingerprint density at radius 2 is 2.00 bits per heavy atom. The molecular formula is C11H13N. The van der Waals surface area contributed by atoms with E-state index in [0.29, 0.717) is 0 Å². The van der Waals surface area contributed by atoms with Crippen molar-refractivity contribution in [1.82, 2.24) is 5.32 Å². The highest BCUT2D eigenvalue weighted by Gasteiger charge is 2.04. The van der Waals surface area contributed by atoms with E-state index in [0.717, 1.165) is 13.0 Å². The number of hydrogen-bond acceptors (Lipinski definition) is 1. The molecular weight excluding hydrogens is 146 g/mol. The van der Waals surface area contributed by atoms with Crippen LogP contribution in [0.5, 0.6) is 0 Å². The molecule has 2 rings (SSSR count). The van der Waals surface area contributed by atoms with Gasteiger partial charge in [0.1, 0.15) is 0 Å². The maximum Gasteiger partial charge on any atom is 0.0633 e. The largest absolute Gasteiger partial charge is 0.308 e. The third kappa shape index (κ3) is 1.67. The molecule has 2 radical (unpaired) electrons. The van der Waals surface area contributed by atoms with Crippen LogP contribution in [-0.2, 0) is 12.8 Å². The first-order valence-electron chi connectivity index (χ1n) is 4.49. The van der Waals surface area contributed by atoms with Crippen LogP contribution < -0.4 is 5.32 Å². The number of hydrogen-bond donors (Lipinski definition) is 1. The fourth-order valence-corrected chi connectivity index (χ4v) is 1.59. The van der Waals surface area contributed by atoms with Gasteiger partial charge >= 0.3 is 0 Å². The molecule has 1 heterocycles. The van der Waals surface area contributed by atoms with Gasteiger partial charge in [0.15, 0.2) is 0 Å². The molecule has 1 aliphatic rings. The molecule has 1 nitrogen and oxygen atoms in total. The van der Waals surface area contributed by atoms with Gasteiger partial charge < -0.3 is 5.32 Å². The third-order valence-electron chi connectivity index (χ3n) is 2.27. The minimum atomic E-state index is 0.941.